The van der Waals surface area contributed by atoms with E-state index in [0.717, 1.165) is 27.1 Å². The molecule has 0 bridgehead atoms. The molecular formula is C17H16BrClN4O. The number of amidine groups is 1. The van der Waals surface area contributed by atoms with Crippen LogP contribution in [0.4, 0.5) is 5.69 Å². The van der Waals surface area contributed by atoms with E-state index < -0.39 is 0 Å². The summed E-state index contributed by atoms with van der Waals surface area (Å²) < 4.78 is 0.941. The predicted octanol–water partition coefficient (Wildman–Crippen LogP) is 3.55. The fraction of sp³-hybridized carbons (Fsp3) is 0.176. The van der Waals surface area contributed by atoms with E-state index in [1.54, 1.807) is 0 Å². The lowest BCUT2D eigenvalue weighted by atomic mass is 9.94. The highest BCUT2D eigenvalue weighted by Crippen LogP contribution is 2.42. The molecule has 0 unspecified atom stereocenters. The van der Waals surface area contributed by atoms with Crippen LogP contribution in [0.5, 0.6) is 0 Å². The first kappa shape index (κ1) is 17.0. The Morgan fingerprint density at radius 3 is 2.79 bits per heavy atom. The third kappa shape index (κ3) is 3.17. The van der Waals surface area contributed by atoms with E-state index in [4.69, 9.17) is 17.4 Å². The summed E-state index contributed by atoms with van der Waals surface area (Å²) in [5, 5.41) is 0.640. The van der Waals surface area contributed by atoms with Gasteiger partial charge in [0.25, 0.3) is 5.91 Å². The van der Waals surface area contributed by atoms with Gasteiger partial charge in [0.2, 0.25) is 0 Å². The zero-order chi connectivity index (χ0) is 17.3. The van der Waals surface area contributed by atoms with Gasteiger partial charge in [-0.15, -0.1) is 0 Å². The Hall–Kier alpha value is -1.89. The summed E-state index contributed by atoms with van der Waals surface area (Å²) in [6, 6.07) is 13.3. The van der Waals surface area contributed by atoms with Crippen LogP contribution in [0.3, 0.4) is 0 Å². The third-order valence-electron chi connectivity index (χ3n) is 3.97. The van der Waals surface area contributed by atoms with E-state index in [1.807, 2.05) is 54.3 Å². The molecule has 24 heavy (non-hydrogen) atoms. The molecule has 1 heterocycles. The molecule has 1 amide bonds. The average Bonchev–Trinajstić information content (AvgIpc) is 2.57. The first-order valence-electron chi connectivity index (χ1n) is 7.36. The number of nitrogens with one attached hydrogen (secondary N) is 1. The topological polar surface area (TPSA) is 70.7 Å². The maximum atomic E-state index is 11.9. The molecular weight excluding hydrogens is 392 g/mol. The van der Waals surface area contributed by atoms with Gasteiger partial charge in [-0.05, 0) is 36.8 Å². The van der Waals surface area contributed by atoms with Gasteiger partial charge in [-0.2, -0.15) is 0 Å². The largest absolute Gasteiger partial charge is 0.340 e. The van der Waals surface area contributed by atoms with Gasteiger partial charge < -0.3 is 4.90 Å². The molecule has 2 aromatic rings. The molecule has 0 aromatic heterocycles. The normalized spacial score (nSPS) is 16.4. The highest BCUT2D eigenvalue weighted by molar-refractivity contribution is 9.10. The molecule has 1 aliphatic heterocycles. The summed E-state index contributed by atoms with van der Waals surface area (Å²) in [6.45, 7) is 1.96. The number of hydrazine groups is 1. The Bertz CT molecular complexity index is 824. The van der Waals surface area contributed by atoms with Crippen molar-refractivity contribution in [2.45, 2.75) is 13.0 Å². The second-order valence-electron chi connectivity index (χ2n) is 5.48. The van der Waals surface area contributed by atoms with E-state index in [1.165, 1.54) is 0 Å². The second-order valence-corrected chi connectivity index (χ2v) is 6.80. The number of benzene rings is 2. The molecule has 1 atom stereocenters. The van der Waals surface area contributed by atoms with Crippen molar-refractivity contribution in [3.63, 3.8) is 0 Å². The first-order valence-corrected chi connectivity index (χ1v) is 8.53. The number of rotatable bonds is 3. The van der Waals surface area contributed by atoms with Crippen LogP contribution in [0.15, 0.2) is 51.9 Å². The first-order chi connectivity index (χ1) is 11.5. The van der Waals surface area contributed by atoms with Gasteiger partial charge in [-0.1, -0.05) is 45.7 Å². The number of carbonyl (C=O) groups excluding carboxylic acids is 1. The van der Waals surface area contributed by atoms with Gasteiger partial charge in [-0.3, -0.25) is 10.2 Å². The number of halogens is 2. The van der Waals surface area contributed by atoms with Crippen LogP contribution in [0.25, 0.3) is 0 Å². The summed E-state index contributed by atoms with van der Waals surface area (Å²) in [5.74, 6) is 5.71. The summed E-state index contributed by atoms with van der Waals surface area (Å²) in [5.41, 5.74) is 4.94. The summed E-state index contributed by atoms with van der Waals surface area (Å²) in [7, 11) is 0. The van der Waals surface area contributed by atoms with Crippen molar-refractivity contribution in [1.82, 2.24) is 10.3 Å². The summed E-state index contributed by atoms with van der Waals surface area (Å²) in [6.07, 6.45) is 0. The molecule has 0 saturated carbocycles. The van der Waals surface area contributed by atoms with Gasteiger partial charge in [0, 0.05) is 15.1 Å². The fourth-order valence-electron chi connectivity index (χ4n) is 2.88. The molecule has 3 rings (SSSR count). The zero-order valence-corrected chi connectivity index (χ0v) is 15.3. The van der Waals surface area contributed by atoms with Crippen molar-refractivity contribution in [2.24, 2.45) is 10.8 Å². The number of amides is 1. The molecule has 0 saturated heterocycles. The monoisotopic (exact) mass is 406 g/mol. The SMILES string of the molecule is CC1=Nc2ccc(Br)cc2[C@H](c2ccccc2Cl)N1CC(=O)NN. The quantitative estimate of drug-likeness (QED) is 0.464. The molecule has 0 aliphatic carbocycles. The van der Waals surface area contributed by atoms with Crippen molar-refractivity contribution in [3.05, 3.63) is 63.1 Å². The Morgan fingerprint density at radius 2 is 2.08 bits per heavy atom. The molecule has 3 N–H and O–H groups in total. The summed E-state index contributed by atoms with van der Waals surface area (Å²) >= 11 is 9.95. The minimum Gasteiger partial charge on any atom is -0.340 e. The number of aliphatic imine (C=N–C) groups is 1. The van der Waals surface area contributed by atoms with Gasteiger partial charge in [0.1, 0.15) is 12.4 Å². The number of hydrogen-bond acceptors (Lipinski definition) is 4. The van der Waals surface area contributed by atoms with E-state index in [0.29, 0.717) is 5.02 Å². The van der Waals surface area contributed by atoms with Gasteiger partial charge in [-0.25, -0.2) is 10.8 Å². The van der Waals surface area contributed by atoms with E-state index in [9.17, 15) is 4.79 Å². The Balaban J connectivity index is 2.18. The van der Waals surface area contributed by atoms with Crippen molar-refractivity contribution in [1.29, 1.82) is 0 Å². The molecule has 1 aliphatic rings. The van der Waals surface area contributed by atoms with Gasteiger partial charge in [0.15, 0.2) is 0 Å². The molecule has 0 fully saturated rings. The van der Waals surface area contributed by atoms with Crippen LogP contribution in [0, 0.1) is 0 Å². The predicted molar refractivity (Wildman–Crippen MR) is 99.2 cm³/mol. The molecule has 5 nitrogen and oxygen atoms in total. The Labute approximate surface area is 153 Å². The number of fused-ring (bicyclic) bond motifs is 1. The Morgan fingerprint density at radius 1 is 1.33 bits per heavy atom. The van der Waals surface area contributed by atoms with Crippen molar-refractivity contribution in [3.8, 4) is 0 Å². The molecule has 7 heteroatoms. The zero-order valence-electron chi connectivity index (χ0n) is 13.0. The van der Waals surface area contributed by atoms with Crippen LogP contribution in [0.2, 0.25) is 5.02 Å². The number of hydrogen-bond donors (Lipinski definition) is 2. The molecule has 0 radical (unpaired) electrons. The lowest BCUT2D eigenvalue weighted by molar-refractivity contribution is -0.121. The lowest BCUT2D eigenvalue weighted by Gasteiger charge is -2.37. The summed E-state index contributed by atoms with van der Waals surface area (Å²) in [4.78, 5) is 18.4. The van der Waals surface area contributed by atoms with Gasteiger partial charge in [0.05, 0.1) is 11.7 Å². The molecule has 124 valence electrons. The van der Waals surface area contributed by atoms with Crippen LogP contribution in [0.1, 0.15) is 24.1 Å². The third-order valence-corrected chi connectivity index (χ3v) is 4.81. The van der Waals surface area contributed by atoms with Crippen molar-refractivity contribution in [2.75, 3.05) is 6.54 Å². The highest BCUT2D eigenvalue weighted by Gasteiger charge is 2.32. The molecule has 2 aromatic carbocycles. The maximum absolute atomic E-state index is 11.9. The fourth-order valence-corrected chi connectivity index (χ4v) is 3.50. The van der Waals surface area contributed by atoms with Crippen LogP contribution in [-0.4, -0.2) is 23.2 Å². The van der Waals surface area contributed by atoms with Crippen molar-refractivity contribution < 1.29 is 4.79 Å². The molecule has 0 spiro atoms. The number of nitrogens with zero attached hydrogens (tertiary/aromatic N) is 2. The Kier molecular flexibility index (Phi) is 4.89. The minimum absolute atomic E-state index is 0.0909. The van der Waals surface area contributed by atoms with Crippen molar-refractivity contribution >= 4 is 45.0 Å². The lowest BCUT2D eigenvalue weighted by Crippen LogP contribution is -2.45. The smallest absolute Gasteiger partial charge is 0.253 e. The van der Waals surface area contributed by atoms with E-state index in [-0.39, 0.29) is 18.5 Å². The van der Waals surface area contributed by atoms with Crippen LogP contribution < -0.4 is 11.3 Å². The average molecular weight is 408 g/mol. The van der Waals surface area contributed by atoms with Crippen LogP contribution in [-0.2, 0) is 4.79 Å². The maximum Gasteiger partial charge on any atom is 0.253 e. The van der Waals surface area contributed by atoms with E-state index >= 15 is 0 Å². The number of nitrogens with two attached hydrogens (primary N) is 1. The highest BCUT2D eigenvalue weighted by atomic mass is 79.9. The second kappa shape index (κ2) is 6.93. The van der Waals surface area contributed by atoms with Crippen LogP contribution >= 0.6 is 27.5 Å². The van der Waals surface area contributed by atoms with Gasteiger partial charge >= 0.3 is 0 Å². The van der Waals surface area contributed by atoms with E-state index in [2.05, 4.69) is 26.3 Å². The standard InChI is InChI=1S/C17H16BrClN4O/c1-10-21-15-7-6-11(18)8-13(15)17(23(10)9-16(24)22-20)12-4-2-3-5-14(12)19/h2-8,17H,9,20H2,1H3,(H,22,24)/t17-/m0/s1. The minimum atomic E-state index is -0.292. The number of carbonyl (C=O) groups is 1.